The highest BCUT2D eigenvalue weighted by atomic mass is 35.5. The number of fused-ring (bicyclic) bond motifs is 1. The third-order valence-corrected chi connectivity index (χ3v) is 4.71. The Morgan fingerprint density at radius 1 is 1.24 bits per heavy atom. The van der Waals surface area contributed by atoms with Crippen LogP contribution in [0.2, 0.25) is 5.02 Å². The monoisotopic (exact) mass is 369 g/mol. The van der Waals surface area contributed by atoms with E-state index in [1.165, 1.54) is 11.8 Å². The molecule has 0 saturated heterocycles. The average Bonchev–Trinajstić information content (AvgIpc) is 2.62. The van der Waals surface area contributed by atoms with Crippen LogP contribution in [0, 0.1) is 11.3 Å². The second-order valence-electron chi connectivity index (χ2n) is 5.11. The number of H-pyrrole nitrogens is 1. The van der Waals surface area contributed by atoms with Gasteiger partial charge >= 0.3 is 0 Å². The number of benzene rings is 2. The van der Waals surface area contributed by atoms with Crippen LogP contribution < -0.4 is 5.56 Å². The van der Waals surface area contributed by atoms with Gasteiger partial charge in [0.2, 0.25) is 0 Å². The second-order valence-corrected chi connectivity index (χ2v) is 6.59. The Morgan fingerprint density at radius 2 is 1.96 bits per heavy atom. The van der Waals surface area contributed by atoms with Crippen molar-refractivity contribution < 1.29 is 5.11 Å². The number of aliphatic hydroxyl groups excluding tert-OH is 1. The van der Waals surface area contributed by atoms with Crippen LogP contribution in [0.15, 0.2) is 64.0 Å². The third kappa shape index (κ3) is 3.85. The molecule has 124 valence electrons. The van der Waals surface area contributed by atoms with Crippen LogP contribution in [0.5, 0.6) is 0 Å². The summed E-state index contributed by atoms with van der Waals surface area (Å²) in [7, 11) is 0. The first kappa shape index (κ1) is 17.1. The summed E-state index contributed by atoms with van der Waals surface area (Å²) in [5.41, 5.74) is 0.0583. The summed E-state index contributed by atoms with van der Waals surface area (Å²) in [6.45, 7) is 0. The van der Waals surface area contributed by atoms with Gasteiger partial charge in [0.1, 0.15) is 17.4 Å². The molecule has 3 rings (SSSR count). The van der Waals surface area contributed by atoms with Crippen molar-refractivity contribution >= 4 is 39.8 Å². The van der Waals surface area contributed by atoms with Crippen molar-refractivity contribution in [1.82, 2.24) is 9.97 Å². The maximum atomic E-state index is 12.1. The highest BCUT2D eigenvalue weighted by Gasteiger charge is 2.13. The Kier molecular flexibility index (Phi) is 5.08. The highest BCUT2D eigenvalue weighted by Crippen LogP contribution is 2.24. The van der Waals surface area contributed by atoms with Gasteiger partial charge in [-0.05, 0) is 36.4 Å². The van der Waals surface area contributed by atoms with Gasteiger partial charge in [0.25, 0.3) is 5.56 Å². The normalized spacial score (nSPS) is 11.8. The van der Waals surface area contributed by atoms with Crippen molar-refractivity contribution in [2.45, 2.75) is 4.90 Å². The largest absolute Gasteiger partial charge is 0.510 e. The lowest BCUT2D eigenvalue weighted by molar-refractivity contribution is 0.420. The van der Waals surface area contributed by atoms with Crippen molar-refractivity contribution in [2.24, 2.45) is 0 Å². The molecule has 0 bridgehead atoms. The fourth-order valence-corrected chi connectivity index (χ4v) is 3.12. The molecule has 0 aliphatic heterocycles. The number of nitrogens with zero attached hydrogens (tertiary/aromatic N) is 2. The van der Waals surface area contributed by atoms with Gasteiger partial charge in [0.15, 0.2) is 5.82 Å². The summed E-state index contributed by atoms with van der Waals surface area (Å²) >= 11 is 7.18. The van der Waals surface area contributed by atoms with Crippen LogP contribution in [-0.2, 0) is 0 Å². The minimum atomic E-state index is -0.355. The van der Waals surface area contributed by atoms with Gasteiger partial charge in [-0.2, -0.15) is 5.26 Å². The van der Waals surface area contributed by atoms with Crippen LogP contribution >= 0.6 is 23.4 Å². The Morgan fingerprint density at radius 3 is 2.68 bits per heavy atom. The van der Waals surface area contributed by atoms with E-state index in [9.17, 15) is 15.2 Å². The lowest BCUT2D eigenvalue weighted by Gasteiger charge is -2.06. The molecule has 0 amide bonds. The number of aromatic amines is 1. The van der Waals surface area contributed by atoms with E-state index in [1.807, 2.05) is 18.2 Å². The lowest BCUT2D eigenvalue weighted by atomic mass is 10.2. The van der Waals surface area contributed by atoms with Crippen molar-refractivity contribution in [1.29, 1.82) is 5.26 Å². The molecule has 0 aliphatic carbocycles. The molecule has 0 saturated carbocycles. The molecule has 7 heteroatoms. The van der Waals surface area contributed by atoms with E-state index < -0.39 is 0 Å². The molecule has 1 heterocycles. The summed E-state index contributed by atoms with van der Waals surface area (Å²) in [4.78, 5) is 19.8. The molecular weight excluding hydrogens is 358 g/mol. The van der Waals surface area contributed by atoms with Crippen LogP contribution in [0.1, 0.15) is 5.82 Å². The zero-order chi connectivity index (χ0) is 17.8. The number of thioether (sulfide) groups is 1. The maximum Gasteiger partial charge on any atom is 0.259 e. The van der Waals surface area contributed by atoms with Crippen molar-refractivity contribution in [3.8, 4) is 6.07 Å². The van der Waals surface area contributed by atoms with E-state index in [-0.39, 0.29) is 28.5 Å². The molecule has 2 N–H and O–H groups in total. The number of nitrogens with one attached hydrogen (secondary N) is 1. The van der Waals surface area contributed by atoms with E-state index in [0.717, 1.165) is 4.90 Å². The molecule has 25 heavy (non-hydrogen) atoms. The van der Waals surface area contributed by atoms with Gasteiger partial charge < -0.3 is 10.1 Å². The maximum absolute atomic E-state index is 12.1. The van der Waals surface area contributed by atoms with Crippen molar-refractivity contribution in [3.63, 3.8) is 0 Å². The van der Waals surface area contributed by atoms with Crippen LogP contribution in [-0.4, -0.2) is 20.8 Å². The number of aliphatic hydroxyl groups is 1. The Hall–Kier alpha value is -2.75. The molecular formula is C18H12ClN3O2S. The molecule has 5 nitrogen and oxygen atoms in total. The molecule has 2 aromatic carbocycles. The first-order valence-corrected chi connectivity index (χ1v) is 8.65. The van der Waals surface area contributed by atoms with Crippen LogP contribution in [0.3, 0.4) is 0 Å². The zero-order valence-electron chi connectivity index (χ0n) is 12.9. The van der Waals surface area contributed by atoms with E-state index in [0.29, 0.717) is 15.9 Å². The Bertz CT molecular complexity index is 1050. The van der Waals surface area contributed by atoms with Crippen LogP contribution in [0.4, 0.5) is 0 Å². The number of nitriles is 1. The fraction of sp³-hybridized carbons (Fsp3) is 0.0556. The van der Waals surface area contributed by atoms with Crippen LogP contribution in [0.25, 0.3) is 16.5 Å². The van der Waals surface area contributed by atoms with E-state index in [4.69, 9.17) is 11.6 Å². The number of para-hydroxylation sites is 1. The number of aromatic nitrogens is 2. The van der Waals surface area contributed by atoms with Gasteiger partial charge in [-0.1, -0.05) is 23.7 Å². The van der Waals surface area contributed by atoms with E-state index >= 15 is 0 Å². The third-order valence-electron chi connectivity index (χ3n) is 3.44. The number of hydrogen-bond acceptors (Lipinski definition) is 5. The highest BCUT2D eigenvalue weighted by molar-refractivity contribution is 7.99. The van der Waals surface area contributed by atoms with Gasteiger partial charge in [0, 0.05) is 9.92 Å². The topological polar surface area (TPSA) is 89.8 Å². The standard InChI is InChI=1S/C18H12ClN3O2S/c19-11-5-7-12(8-6-11)25-10-16(23)14(9-20)17-21-15-4-2-1-3-13(15)18(24)22-17/h1-8,23H,10H2,(H,21,22,24)/b16-14-. The molecule has 0 fully saturated rings. The molecule has 0 radical (unpaired) electrons. The van der Waals surface area contributed by atoms with Gasteiger partial charge in [-0.25, -0.2) is 4.98 Å². The van der Waals surface area contributed by atoms with Crippen molar-refractivity contribution in [3.05, 3.63) is 75.5 Å². The quantitative estimate of drug-likeness (QED) is 0.409. The van der Waals surface area contributed by atoms with Gasteiger partial charge in [0.05, 0.1) is 16.7 Å². The number of hydrogen-bond donors (Lipinski definition) is 2. The summed E-state index contributed by atoms with van der Waals surface area (Å²) in [6, 6.07) is 15.9. The smallest absolute Gasteiger partial charge is 0.259 e. The first-order valence-electron chi connectivity index (χ1n) is 7.28. The number of halogens is 1. The zero-order valence-corrected chi connectivity index (χ0v) is 14.4. The summed E-state index contributed by atoms with van der Waals surface area (Å²) in [5.74, 6) is 0.0717. The lowest BCUT2D eigenvalue weighted by Crippen LogP contribution is -2.12. The summed E-state index contributed by atoms with van der Waals surface area (Å²) in [5, 5.41) is 20.7. The minimum Gasteiger partial charge on any atom is -0.510 e. The molecule has 1 aromatic heterocycles. The summed E-state index contributed by atoms with van der Waals surface area (Å²) in [6.07, 6.45) is 0. The summed E-state index contributed by atoms with van der Waals surface area (Å²) < 4.78 is 0. The SMILES string of the molecule is N#C/C(=C(/O)CSc1ccc(Cl)cc1)c1nc2ccccc2c(=O)[nH]1. The van der Waals surface area contributed by atoms with Crippen molar-refractivity contribution in [2.75, 3.05) is 5.75 Å². The van der Waals surface area contributed by atoms with E-state index in [1.54, 1.807) is 36.4 Å². The van der Waals surface area contributed by atoms with Gasteiger partial charge in [-0.15, -0.1) is 11.8 Å². The Balaban J connectivity index is 1.92. The molecule has 0 spiro atoms. The number of rotatable bonds is 4. The second kappa shape index (κ2) is 7.43. The predicted molar refractivity (Wildman–Crippen MR) is 99.7 cm³/mol. The predicted octanol–water partition coefficient (Wildman–Crippen LogP) is 4.16. The van der Waals surface area contributed by atoms with E-state index in [2.05, 4.69) is 9.97 Å². The fourth-order valence-electron chi connectivity index (χ4n) is 2.21. The Labute approximate surface area is 152 Å². The minimum absolute atomic E-state index is 0.0516. The molecule has 0 atom stereocenters. The average molecular weight is 370 g/mol. The number of allylic oxidation sites excluding steroid dienone is 1. The first-order chi connectivity index (χ1) is 12.1. The molecule has 0 aliphatic rings. The van der Waals surface area contributed by atoms with Gasteiger partial charge in [-0.3, -0.25) is 4.79 Å². The molecule has 0 unspecified atom stereocenters. The molecule has 3 aromatic rings.